The van der Waals surface area contributed by atoms with Crippen molar-refractivity contribution in [1.82, 2.24) is 0 Å². The predicted octanol–water partition coefficient (Wildman–Crippen LogP) is 3.70. The zero-order chi connectivity index (χ0) is 27.8. The number of nitrogens with two attached hydrogens (primary N) is 2. The van der Waals surface area contributed by atoms with E-state index in [0.717, 1.165) is 25.3 Å². The maximum atomic E-state index is 13.1. The van der Waals surface area contributed by atoms with Gasteiger partial charge in [-0.15, -0.1) is 0 Å². The lowest BCUT2D eigenvalue weighted by Crippen LogP contribution is -2.61. The van der Waals surface area contributed by atoms with Crippen molar-refractivity contribution in [2.24, 2.45) is 23.3 Å². The number of nitrogens with zero attached hydrogens (tertiary/aromatic N) is 1. The first-order valence-electron chi connectivity index (χ1n) is 12.9. The third kappa shape index (κ3) is 7.77. The Bertz CT molecular complexity index is 977. The van der Waals surface area contributed by atoms with E-state index in [1.807, 2.05) is 13.8 Å². The van der Waals surface area contributed by atoms with Crippen LogP contribution in [0.3, 0.4) is 0 Å². The number of benzene rings is 1. The van der Waals surface area contributed by atoms with Gasteiger partial charge in [-0.3, -0.25) is 19.3 Å². The van der Waals surface area contributed by atoms with Crippen molar-refractivity contribution in [3.63, 3.8) is 0 Å². The Morgan fingerprint density at radius 1 is 0.865 bits per heavy atom. The molecule has 6 N–H and O–H groups in total. The second-order valence-corrected chi connectivity index (χ2v) is 10.4. The van der Waals surface area contributed by atoms with E-state index in [9.17, 15) is 34.2 Å². The number of aromatic carboxylic acids is 2. The highest BCUT2D eigenvalue weighted by Crippen LogP contribution is 2.38. The van der Waals surface area contributed by atoms with Crippen molar-refractivity contribution in [2.75, 3.05) is 4.90 Å². The van der Waals surface area contributed by atoms with Crippen molar-refractivity contribution in [1.29, 1.82) is 0 Å². The molecule has 37 heavy (non-hydrogen) atoms. The van der Waals surface area contributed by atoms with Gasteiger partial charge >= 0.3 is 11.9 Å². The van der Waals surface area contributed by atoms with Gasteiger partial charge in [0.2, 0.25) is 17.7 Å². The summed E-state index contributed by atoms with van der Waals surface area (Å²) >= 11 is 0. The molecule has 0 unspecified atom stereocenters. The fourth-order valence-corrected chi connectivity index (χ4v) is 5.16. The topological polar surface area (TPSA) is 181 Å². The molecule has 3 amide bonds. The van der Waals surface area contributed by atoms with Gasteiger partial charge in [0.15, 0.2) is 0 Å². The standard InChI is InChI=1S/C20H26N2O6.C7H13NO/c1-12(2)8-16(23)22(20(19(21)28)6-4-3-5-7-20)15-10-13(17(24)25)9-14(11-15)18(26)27;8-7(9)6-4-2-1-3-5-6/h9-12H,3-8H2,1-2H3,(H2,21,28)(H,24,25)(H,26,27);6H,1-5H2,(H2,8,9). The largest absolute Gasteiger partial charge is 0.478 e. The average Bonchev–Trinajstić information content (AvgIpc) is 2.85. The van der Waals surface area contributed by atoms with E-state index in [1.165, 1.54) is 36.3 Å². The summed E-state index contributed by atoms with van der Waals surface area (Å²) in [4.78, 5) is 60.5. The molecule has 1 aromatic rings. The molecule has 0 atom stereocenters. The Morgan fingerprint density at radius 2 is 1.35 bits per heavy atom. The molecule has 2 aliphatic rings. The molecule has 0 aromatic heterocycles. The second-order valence-electron chi connectivity index (χ2n) is 10.4. The summed E-state index contributed by atoms with van der Waals surface area (Å²) in [5.74, 6) is -3.61. The maximum absolute atomic E-state index is 13.1. The Kier molecular flexibility index (Phi) is 10.6. The van der Waals surface area contributed by atoms with Crippen LogP contribution in [0.5, 0.6) is 0 Å². The van der Waals surface area contributed by atoms with Crippen molar-refractivity contribution in [2.45, 2.75) is 90.0 Å². The third-order valence-corrected chi connectivity index (χ3v) is 7.08. The Hall–Kier alpha value is -3.43. The molecule has 2 fully saturated rings. The van der Waals surface area contributed by atoms with Gasteiger partial charge in [-0.25, -0.2) is 9.59 Å². The summed E-state index contributed by atoms with van der Waals surface area (Å²) in [6, 6.07) is 3.48. The Labute approximate surface area is 217 Å². The second kappa shape index (κ2) is 13.2. The molecule has 0 aliphatic heterocycles. The van der Waals surface area contributed by atoms with Gasteiger partial charge in [-0.2, -0.15) is 0 Å². The SMILES string of the molecule is CC(C)CC(=O)N(c1cc(C(=O)O)cc(C(=O)O)c1)C1(C(N)=O)CCCCC1.NC(=O)C1CCCCC1. The zero-order valence-electron chi connectivity index (χ0n) is 21.7. The molecule has 2 saturated carbocycles. The van der Waals surface area contributed by atoms with Crippen LogP contribution < -0.4 is 16.4 Å². The van der Waals surface area contributed by atoms with E-state index in [1.54, 1.807) is 0 Å². The van der Waals surface area contributed by atoms with Crippen molar-refractivity contribution in [3.8, 4) is 0 Å². The molecular weight excluding hydrogens is 478 g/mol. The van der Waals surface area contributed by atoms with E-state index in [-0.39, 0.29) is 46.9 Å². The third-order valence-electron chi connectivity index (χ3n) is 7.08. The summed E-state index contributed by atoms with van der Waals surface area (Å²) in [6.45, 7) is 3.70. The van der Waals surface area contributed by atoms with Crippen molar-refractivity contribution in [3.05, 3.63) is 29.3 Å². The molecule has 10 heteroatoms. The first kappa shape index (κ1) is 29.8. The molecule has 0 radical (unpaired) electrons. The van der Waals surface area contributed by atoms with Crippen molar-refractivity contribution < 1.29 is 34.2 Å². The number of carbonyl (C=O) groups is 5. The summed E-state index contributed by atoms with van der Waals surface area (Å²) < 4.78 is 0. The number of carbonyl (C=O) groups excluding carboxylic acids is 3. The number of hydrogen-bond donors (Lipinski definition) is 4. The minimum atomic E-state index is -1.32. The van der Waals surface area contributed by atoms with Crippen LogP contribution in [0.4, 0.5) is 5.69 Å². The molecular formula is C27H39N3O7. The lowest BCUT2D eigenvalue weighted by Gasteiger charge is -2.44. The first-order valence-corrected chi connectivity index (χ1v) is 12.9. The number of primary amides is 2. The lowest BCUT2D eigenvalue weighted by molar-refractivity contribution is -0.129. The van der Waals surface area contributed by atoms with Gasteiger partial charge < -0.3 is 21.7 Å². The van der Waals surface area contributed by atoms with Crippen LogP contribution in [-0.2, 0) is 14.4 Å². The highest BCUT2D eigenvalue weighted by atomic mass is 16.4. The van der Waals surface area contributed by atoms with Crippen LogP contribution in [0.1, 0.15) is 105 Å². The van der Waals surface area contributed by atoms with Gasteiger partial charge in [-0.1, -0.05) is 52.4 Å². The highest BCUT2D eigenvalue weighted by Gasteiger charge is 2.46. The molecule has 10 nitrogen and oxygen atoms in total. The van der Waals surface area contributed by atoms with Crippen LogP contribution in [0.25, 0.3) is 0 Å². The summed E-state index contributed by atoms with van der Waals surface area (Å²) in [5.41, 5.74) is 9.10. The number of rotatable bonds is 8. The number of carboxylic acid groups (broad SMARTS) is 2. The number of amides is 3. The lowest BCUT2D eigenvalue weighted by atomic mass is 9.78. The van der Waals surface area contributed by atoms with E-state index in [2.05, 4.69) is 0 Å². The van der Waals surface area contributed by atoms with Gasteiger partial charge in [0.25, 0.3) is 0 Å². The number of hydrogen-bond acceptors (Lipinski definition) is 5. The molecule has 0 saturated heterocycles. The van der Waals surface area contributed by atoms with E-state index < -0.39 is 23.4 Å². The smallest absolute Gasteiger partial charge is 0.335 e. The van der Waals surface area contributed by atoms with E-state index in [0.29, 0.717) is 25.7 Å². The number of anilines is 1. The highest BCUT2D eigenvalue weighted by molar-refractivity contribution is 6.05. The quantitative estimate of drug-likeness (QED) is 0.405. The monoisotopic (exact) mass is 517 g/mol. The molecule has 3 rings (SSSR count). The fraction of sp³-hybridized carbons (Fsp3) is 0.593. The summed E-state index contributed by atoms with van der Waals surface area (Å²) in [6.07, 6.45) is 8.82. The summed E-state index contributed by atoms with van der Waals surface area (Å²) in [5, 5.41) is 18.8. The minimum absolute atomic E-state index is 0.00915. The van der Waals surface area contributed by atoms with Crippen LogP contribution >= 0.6 is 0 Å². The fourth-order valence-electron chi connectivity index (χ4n) is 5.16. The Morgan fingerprint density at radius 3 is 1.73 bits per heavy atom. The zero-order valence-corrected chi connectivity index (χ0v) is 21.7. The van der Waals surface area contributed by atoms with Gasteiger partial charge in [-0.05, 0) is 49.8 Å². The van der Waals surface area contributed by atoms with Gasteiger partial charge in [0, 0.05) is 18.0 Å². The molecule has 0 bridgehead atoms. The normalized spacial score (nSPS) is 17.3. The summed E-state index contributed by atoms with van der Waals surface area (Å²) in [7, 11) is 0. The minimum Gasteiger partial charge on any atom is -0.478 e. The van der Waals surface area contributed by atoms with E-state index >= 15 is 0 Å². The van der Waals surface area contributed by atoms with Gasteiger partial charge in [0.1, 0.15) is 5.54 Å². The molecule has 1 aromatic carbocycles. The molecule has 0 heterocycles. The van der Waals surface area contributed by atoms with E-state index in [4.69, 9.17) is 11.5 Å². The molecule has 0 spiro atoms. The van der Waals surface area contributed by atoms with Crippen molar-refractivity contribution >= 4 is 35.3 Å². The predicted molar refractivity (Wildman–Crippen MR) is 138 cm³/mol. The maximum Gasteiger partial charge on any atom is 0.335 e. The van der Waals surface area contributed by atoms with Crippen LogP contribution in [0.2, 0.25) is 0 Å². The van der Waals surface area contributed by atoms with Crippen LogP contribution in [0, 0.1) is 11.8 Å². The number of carboxylic acids is 2. The van der Waals surface area contributed by atoms with Crippen LogP contribution in [-0.4, -0.2) is 45.4 Å². The average molecular weight is 518 g/mol. The molecule has 2 aliphatic carbocycles. The van der Waals surface area contributed by atoms with Gasteiger partial charge in [0.05, 0.1) is 11.1 Å². The molecule has 204 valence electrons. The Balaban J connectivity index is 0.000000449. The van der Waals surface area contributed by atoms with Crippen LogP contribution in [0.15, 0.2) is 18.2 Å². The first-order chi connectivity index (χ1) is 17.4.